The molecule has 6 nitrogen and oxygen atoms in total. The highest BCUT2D eigenvalue weighted by Gasteiger charge is 2.20. The van der Waals surface area contributed by atoms with Crippen LogP contribution in [0.4, 0.5) is 0 Å². The van der Waals surface area contributed by atoms with E-state index in [0.717, 1.165) is 51.4 Å². The molecule has 0 radical (unpaired) electrons. The number of ether oxygens (including phenoxy) is 1. The predicted octanol–water partition coefficient (Wildman–Crippen LogP) is 20.0. The van der Waals surface area contributed by atoms with Gasteiger partial charge in [0, 0.05) is 12.8 Å². The van der Waals surface area contributed by atoms with E-state index in [1.165, 1.54) is 276 Å². The van der Waals surface area contributed by atoms with E-state index < -0.39 is 12.1 Å². The van der Waals surface area contributed by atoms with Crippen LogP contribution in [-0.2, 0) is 14.3 Å². The van der Waals surface area contributed by atoms with E-state index >= 15 is 0 Å². The van der Waals surface area contributed by atoms with Gasteiger partial charge in [0.15, 0.2) is 0 Å². The number of allylic oxidation sites excluding steroid dienone is 2. The summed E-state index contributed by atoms with van der Waals surface area (Å²) >= 11 is 0. The molecule has 0 saturated heterocycles. The molecule has 0 aromatic heterocycles. The Bertz CT molecular complexity index is 1050. The van der Waals surface area contributed by atoms with E-state index in [1.807, 2.05) is 0 Å². The van der Waals surface area contributed by atoms with Gasteiger partial charge in [0.05, 0.1) is 25.4 Å². The SMILES string of the molecule is CCCCCCCC/C=C\CCCCCCCCCCCC(=O)OCCCCCCCCCCCCCCCCC(=O)NC(CO)C(O)CCCCCCCCCCCCCCCCCCCCCC. The molecule has 6 heteroatoms. The lowest BCUT2D eigenvalue weighted by atomic mass is 10.0. The minimum atomic E-state index is -0.672. The Morgan fingerprint density at radius 2 is 0.671 bits per heavy atom. The van der Waals surface area contributed by atoms with Gasteiger partial charge in [0.1, 0.15) is 0 Å². The summed E-state index contributed by atoms with van der Waals surface area (Å²) in [5.74, 6) is -0.0427. The van der Waals surface area contributed by atoms with Crippen molar-refractivity contribution in [2.24, 2.45) is 0 Å². The number of aliphatic hydroxyl groups is 2. The van der Waals surface area contributed by atoms with Crippen LogP contribution in [0.3, 0.4) is 0 Å². The Kier molecular flexibility index (Phi) is 59.0. The van der Waals surface area contributed by atoms with E-state index in [0.29, 0.717) is 25.9 Å². The summed E-state index contributed by atoms with van der Waals surface area (Å²) in [4.78, 5) is 24.6. The van der Waals surface area contributed by atoms with Crippen LogP contribution in [0, 0.1) is 0 Å². The number of amides is 1. The minimum Gasteiger partial charge on any atom is -0.466 e. The van der Waals surface area contributed by atoms with Crippen LogP contribution in [0.25, 0.3) is 0 Å². The molecule has 2 unspecified atom stereocenters. The molecule has 0 aliphatic rings. The fraction of sp³-hybridized carbons (Fsp3) is 0.938. The van der Waals surface area contributed by atoms with Crippen LogP contribution in [0.1, 0.15) is 361 Å². The van der Waals surface area contributed by atoms with E-state index in [4.69, 9.17) is 4.74 Å². The zero-order valence-electron chi connectivity index (χ0n) is 47.5. The lowest BCUT2D eigenvalue weighted by Gasteiger charge is -2.22. The molecule has 70 heavy (non-hydrogen) atoms. The van der Waals surface area contributed by atoms with Gasteiger partial charge in [-0.3, -0.25) is 9.59 Å². The first-order chi connectivity index (χ1) is 34.5. The van der Waals surface area contributed by atoms with E-state index in [-0.39, 0.29) is 18.5 Å². The highest BCUT2D eigenvalue weighted by molar-refractivity contribution is 5.76. The smallest absolute Gasteiger partial charge is 0.305 e. The van der Waals surface area contributed by atoms with Crippen molar-refractivity contribution in [2.45, 2.75) is 373 Å². The Balaban J connectivity index is 3.41. The molecule has 0 aromatic carbocycles. The first-order valence-electron chi connectivity index (χ1n) is 31.9. The molecule has 3 N–H and O–H groups in total. The van der Waals surface area contributed by atoms with Crippen molar-refractivity contribution in [2.75, 3.05) is 13.2 Å². The summed E-state index contributed by atoms with van der Waals surface area (Å²) in [6.45, 7) is 4.96. The van der Waals surface area contributed by atoms with Gasteiger partial charge in [-0.25, -0.2) is 0 Å². The average Bonchev–Trinajstić information content (AvgIpc) is 3.36. The van der Waals surface area contributed by atoms with Crippen molar-refractivity contribution < 1.29 is 24.5 Å². The van der Waals surface area contributed by atoms with Gasteiger partial charge in [-0.05, 0) is 51.4 Å². The average molecular weight is 989 g/mol. The summed E-state index contributed by atoms with van der Waals surface area (Å²) in [6.07, 6.45) is 72.1. The molecular weight excluding hydrogens is 863 g/mol. The Hall–Kier alpha value is -1.40. The van der Waals surface area contributed by atoms with Gasteiger partial charge in [0.2, 0.25) is 5.91 Å². The first-order valence-corrected chi connectivity index (χ1v) is 31.9. The maximum atomic E-state index is 12.5. The van der Waals surface area contributed by atoms with E-state index in [9.17, 15) is 19.8 Å². The number of nitrogens with one attached hydrogen (secondary N) is 1. The van der Waals surface area contributed by atoms with Gasteiger partial charge in [0.25, 0.3) is 0 Å². The van der Waals surface area contributed by atoms with Crippen LogP contribution in [0.15, 0.2) is 12.2 Å². The highest BCUT2D eigenvalue weighted by Crippen LogP contribution is 2.18. The molecule has 0 heterocycles. The lowest BCUT2D eigenvalue weighted by molar-refractivity contribution is -0.143. The third kappa shape index (κ3) is 55.9. The maximum absolute atomic E-state index is 12.5. The molecule has 0 rings (SSSR count). The summed E-state index contributed by atoms with van der Waals surface area (Å²) in [5, 5.41) is 23.4. The van der Waals surface area contributed by atoms with Crippen molar-refractivity contribution in [1.82, 2.24) is 5.32 Å². The summed E-state index contributed by atoms with van der Waals surface area (Å²) in [5.41, 5.74) is 0. The number of aliphatic hydroxyl groups excluding tert-OH is 2. The topological polar surface area (TPSA) is 95.9 Å². The van der Waals surface area contributed by atoms with Crippen LogP contribution in [-0.4, -0.2) is 47.4 Å². The Morgan fingerprint density at radius 3 is 1.01 bits per heavy atom. The molecule has 0 bridgehead atoms. The summed E-state index contributed by atoms with van der Waals surface area (Å²) < 4.78 is 5.49. The number of unbranched alkanes of at least 4 members (excludes halogenated alkanes) is 47. The molecule has 0 aromatic rings. The molecule has 416 valence electrons. The maximum Gasteiger partial charge on any atom is 0.305 e. The molecule has 1 amide bonds. The van der Waals surface area contributed by atoms with E-state index in [1.54, 1.807) is 0 Å². The fourth-order valence-corrected chi connectivity index (χ4v) is 10.2. The number of carbonyl (C=O) groups is 2. The monoisotopic (exact) mass is 988 g/mol. The molecule has 2 atom stereocenters. The second-order valence-corrected chi connectivity index (χ2v) is 22.1. The van der Waals surface area contributed by atoms with Gasteiger partial charge in [-0.2, -0.15) is 0 Å². The van der Waals surface area contributed by atoms with Gasteiger partial charge >= 0.3 is 5.97 Å². The molecule has 0 spiro atoms. The second kappa shape index (κ2) is 60.2. The quantitative estimate of drug-likeness (QED) is 0.0321. The number of esters is 1. The van der Waals surface area contributed by atoms with Crippen molar-refractivity contribution in [3.63, 3.8) is 0 Å². The van der Waals surface area contributed by atoms with Crippen molar-refractivity contribution in [3.05, 3.63) is 12.2 Å². The number of carbonyl (C=O) groups excluding carboxylic acids is 2. The Morgan fingerprint density at radius 1 is 0.386 bits per heavy atom. The third-order valence-electron chi connectivity index (χ3n) is 15.1. The standard InChI is InChI=1S/C64H125NO5/c1-3-5-7-9-11-13-15-17-19-21-23-25-26-28-32-36-40-44-48-52-56-62(67)61(60-66)65-63(68)57-53-49-45-41-37-33-30-31-35-39-43-47-51-55-59-70-64(69)58-54-50-46-42-38-34-29-27-24-22-20-18-16-14-12-10-8-6-4-2/h18,20,61-62,66-67H,3-17,19,21-60H2,1-2H3,(H,65,68)/b20-18-. The number of hydrogen-bond acceptors (Lipinski definition) is 5. The van der Waals surface area contributed by atoms with Crippen molar-refractivity contribution >= 4 is 11.9 Å². The van der Waals surface area contributed by atoms with Crippen LogP contribution in [0.5, 0.6) is 0 Å². The molecule has 0 aliphatic heterocycles. The summed E-state index contributed by atoms with van der Waals surface area (Å²) in [7, 11) is 0. The van der Waals surface area contributed by atoms with Crippen LogP contribution in [0.2, 0.25) is 0 Å². The van der Waals surface area contributed by atoms with Crippen LogP contribution < -0.4 is 5.32 Å². The fourth-order valence-electron chi connectivity index (χ4n) is 10.2. The van der Waals surface area contributed by atoms with Gasteiger partial charge < -0.3 is 20.3 Å². The third-order valence-corrected chi connectivity index (χ3v) is 15.1. The zero-order valence-corrected chi connectivity index (χ0v) is 47.5. The number of hydrogen-bond donors (Lipinski definition) is 3. The normalized spacial score (nSPS) is 12.6. The summed E-state index contributed by atoms with van der Waals surface area (Å²) in [6, 6.07) is -0.550. The van der Waals surface area contributed by atoms with E-state index in [2.05, 4.69) is 31.3 Å². The zero-order chi connectivity index (χ0) is 50.7. The minimum absolute atomic E-state index is 0.00125. The molecule has 0 aliphatic carbocycles. The molecule has 0 fully saturated rings. The van der Waals surface area contributed by atoms with Crippen molar-refractivity contribution in [1.29, 1.82) is 0 Å². The van der Waals surface area contributed by atoms with Gasteiger partial charge in [-0.1, -0.05) is 309 Å². The lowest BCUT2D eigenvalue weighted by Crippen LogP contribution is -2.45. The van der Waals surface area contributed by atoms with Crippen molar-refractivity contribution in [3.8, 4) is 0 Å². The highest BCUT2D eigenvalue weighted by atomic mass is 16.5. The Labute approximate surface area is 438 Å². The second-order valence-electron chi connectivity index (χ2n) is 22.1. The largest absolute Gasteiger partial charge is 0.466 e. The number of rotatable bonds is 60. The molecular formula is C64H125NO5. The van der Waals surface area contributed by atoms with Gasteiger partial charge in [-0.15, -0.1) is 0 Å². The van der Waals surface area contributed by atoms with Crippen LogP contribution >= 0.6 is 0 Å². The predicted molar refractivity (Wildman–Crippen MR) is 306 cm³/mol. The first kappa shape index (κ1) is 68.6. The molecule has 0 saturated carbocycles.